The highest BCUT2D eigenvalue weighted by molar-refractivity contribution is 6.43. The van der Waals surface area contributed by atoms with Crippen LogP contribution in [0.3, 0.4) is 0 Å². The Kier molecular flexibility index (Phi) is 2.50. The molecule has 0 radical (unpaired) electrons. The quantitative estimate of drug-likeness (QED) is 0.686. The Hall–Kier alpha value is -1.32. The van der Waals surface area contributed by atoms with Crippen LogP contribution in [-0.2, 0) is 4.79 Å². The van der Waals surface area contributed by atoms with Crippen LogP contribution in [-0.4, -0.2) is 23.8 Å². The number of rotatable bonds is 0. The molecule has 0 saturated carbocycles. The molecule has 5 heteroatoms. The minimum Gasteiger partial charge on any atom is -0.281 e. The number of allylic oxidation sites excluding steroid dienone is 1. The fraction of sp³-hybridized carbons (Fsp3) is 0.231. The summed E-state index contributed by atoms with van der Waals surface area (Å²) in [5.74, 6) is -0.824. The highest BCUT2D eigenvalue weighted by Gasteiger charge is 2.39. The van der Waals surface area contributed by atoms with E-state index >= 15 is 0 Å². The van der Waals surface area contributed by atoms with Crippen molar-refractivity contribution in [2.75, 3.05) is 7.05 Å². The normalized spacial score (nSPS) is 21.3. The van der Waals surface area contributed by atoms with Crippen LogP contribution in [0.5, 0.6) is 0 Å². The first-order valence-corrected chi connectivity index (χ1v) is 6.28. The van der Waals surface area contributed by atoms with Crippen molar-refractivity contribution in [3.63, 3.8) is 0 Å². The molecule has 0 bridgehead atoms. The van der Waals surface area contributed by atoms with E-state index in [1.165, 1.54) is 7.05 Å². The molecule has 1 aromatic rings. The number of carbonyl (C=O) groups excluding carboxylic acids is 2. The standard InChI is InChI=1S/C13H9Cl2NO2/c1-16-12(17)7-4-2-3-6-10(7)8(13(16)18)5-9(14)11(6)15/h2-3,5,7H,4H2,1H3. The van der Waals surface area contributed by atoms with Gasteiger partial charge in [0, 0.05) is 12.6 Å². The maximum Gasteiger partial charge on any atom is 0.260 e. The lowest BCUT2D eigenvalue weighted by Crippen LogP contribution is -2.42. The minimum atomic E-state index is -0.322. The zero-order chi connectivity index (χ0) is 13.0. The van der Waals surface area contributed by atoms with E-state index in [-0.39, 0.29) is 17.7 Å². The number of imide groups is 1. The largest absolute Gasteiger partial charge is 0.281 e. The summed E-state index contributed by atoms with van der Waals surface area (Å²) in [4.78, 5) is 25.4. The molecule has 2 amide bonds. The molecule has 0 saturated heterocycles. The van der Waals surface area contributed by atoms with Crippen LogP contribution in [0.25, 0.3) is 6.08 Å². The summed E-state index contributed by atoms with van der Waals surface area (Å²) in [6.07, 6.45) is 4.31. The van der Waals surface area contributed by atoms with E-state index in [1.54, 1.807) is 6.07 Å². The maximum absolute atomic E-state index is 12.1. The van der Waals surface area contributed by atoms with Crippen molar-refractivity contribution < 1.29 is 9.59 Å². The molecular formula is C13H9Cl2NO2. The van der Waals surface area contributed by atoms with Gasteiger partial charge in [-0.1, -0.05) is 35.4 Å². The van der Waals surface area contributed by atoms with Crippen LogP contribution < -0.4 is 0 Å². The van der Waals surface area contributed by atoms with Crippen molar-refractivity contribution in [3.8, 4) is 0 Å². The number of likely N-dealkylation sites (N-methyl/N-ethyl adjacent to an activating group) is 1. The number of hydrogen-bond donors (Lipinski definition) is 0. The molecule has 3 nitrogen and oxygen atoms in total. The molecule has 0 N–H and O–H groups in total. The van der Waals surface area contributed by atoms with Gasteiger partial charge in [-0.2, -0.15) is 0 Å². The van der Waals surface area contributed by atoms with E-state index in [0.29, 0.717) is 27.6 Å². The Bertz CT molecular complexity index is 622. The summed E-state index contributed by atoms with van der Waals surface area (Å²) in [6.45, 7) is 0. The first-order chi connectivity index (χ1) is 8.52. The van der Waals surface area contributed by atoms with Crippen LogP contribution in [0.1, 0.15) is 33.8 Å². The van der Waals surface area contributed by atoms with Gasteiger partial charge < -0.3 is 0 Å². The first-order valence-electron chi connectivity index (χ1n) is 5.52. The summed E-state index contributed by atoms with van der Waals surface area (Å²) in [6, 6.07) is 1.56. The van der Waals surface area contributed by atoms with Crippen LogP contribution >= 0.6 is 23.2 Å². The van der Waals surface area contributed by atoms with Crippen LogP contribution in [0.15, 0.2) is 12.1 Å². The van der Waals surface area contributed by atoms with Crippen molar-refractivity contribution in [1.82, 2.24) is 4.90 Å². The molecule has 0 aromatic heterocycles. The van der Waals surface area contributed by atoms with Crippen LogP contribution in [0.2, 0.25) is 10.0 Å². The second-order valence-corrected chi connectivity index (χ2v) is 5.23. The molecule has 18 heavy (non-hydrogen) atoms. The second kappa shape index (κ2) is 3.84. The maximum atomic E-state index is 12.1. The fourth-order valence-corrected chi connectivity index (χ4v) is 2.98. The molecule has 3 rings (SSSR count). The van der Waals surface area contributed by atoms with Crippen molar-refractivity contribution >= 4 is 41.1 Å². The average molecular weight is 282 g/mol. The van der Waals surface area contributed by atoms with Gasteiger partial charge in [0.1, 0.15) is 0 Å². The van der Waals surface area contributed by atoms with Gasteiger partial charge in [-0.05, 0) is 23.6 Å². The summed E-state index contributed by atoms with van der Waals surface area (Å²) in [5.41, 5.74) is 1.90. The molecule has 0 spiro atoms. The molecule has 1 heterocycles. The predicted molar refractivity (Wildman–Crippen MR) is 70.0 cm³/mol. The van der Waals surface area contributed by atoms with Gasteiger partial charge >= 0.3 is 0 Å². The van der Waals surface area contributed by atoms with E-state index in [2.05, 4.69) is 0 Å². The van der Waals surface area contributed by atoms with Gasteiger partial charge in [-0.3, -0.25) is 14.5 Å². The molecule has 2 aliphatic rings. The van der Waals surface area contributed by atoms with Crippen molar-refractivity contribution in [2.45, 2.75) is 12.3 Å². The number of hydrogen-bond acceptors (Lipinski definition) is 2. The second-order valence-electron chi connectivity index (χ2n) is 4.44. The topological polar surface area (TPSA) is 37.4 Å². The van der Waals surface area contributed by atoms with E-state index in [9.17, 15) is 9.59 Å². The van der Waals surface area contributed by atoms with Gasteiger partial charge in [0.25, 0.3) is 5.91 Å². The Morgan fingerprint density at radius 1 is 1.33 bits per heavy atom. The Labute approximate surface area is 114 Å². The SMILES string of the molecule is CN1C(=O)c2cc(Cl)c(Cl)c3c2C(CC=C3)C1=O. The number of amides is 2. The lowest BCUT2D eigenvalue weighted by molar-refractivity contribution is -0.129. The molecule has 92 valence electrons. The molecule has 1 aliphatic heterocycles. The van der Waals surface area contributed by atoms with Crippen molar-refractivity contribution in [2.24, 2.45) is 0 Å². The third kappa shape index (κ3) is 1.38. The van der Waals surface area contributed by atoms with Gasteiger partial charge in [0.05, 0.1) is 16.0 Å². The van der Waals surface area contributed by atoms with Gasteiger partial charge in [0.15, 0.2) is 0 Å². The molecule has 1 unspecified atom stereocenters. The first kappa shape index (κ1) is 11.8. The van der Waals surface area contributed by atoms with E-state index in [1.807, 2.05) is 12.2 Å². The van der Waals surface area contributed by atoms with E-state index in [0.717, 1.165) is 10.5 Å². The fourth-order valence-electron chi connectivity index (χ4n) is 2.55. The highest BCUT2D eigenvalue weighted by Crippen LogP contribution is 2.43. The van der Waals surface area contributed by atoms with Crippen molar-refractivity contribution in [1.29, 1.82) is 0 Å². The summed E-state index contributed by atoms with van der Waals surface area (Å²) < 4.78 is 0. The highest BCUT2D eigenvalue weighted by atomic mass is 35.5. The molecule has 0 fully saturated rings. The lowest BCUT2D eigenvalue weighted by atomic mass is 9.80. The van der Waals surface area contributed by atoms with Crippen LogP contribution in [0.4, 0.5) is 0 Å². The molecule has 1 aliphatic carbocycles. The number of nitrogens with zero attached hydrogens (tertiary/aromatic N) is 1. The van der Waals surface area contributed by atoms with Gasteiger partial charge in [-0.15, -0.1) is 0 Å². The Morgan fingerprint density at radius 2 is 2.06 bits per heavy atom. The van der Waals surface area contributed by atoms with Crippen molar-refractivity contribution in [3.05, 3.63) is 38.9 Å². The Morgan fingerprint density at radius 3 is 2.78 bits per heavy atom. The van der Waals surface area contributed by atoms with Crippen LogP contribution in [0, 0.1) is 0 Å². The zero-order valence-corrected chi connectivity index (χ0v) is 11.0. The van der Waals surface area contributed by atoms with Gasteiger partial charge in [-0.25, -0.2) is 0 Å². The third-order valence-corrected chi connectivity index (χ3v) is 4.27. The monoisotopic (exact) mass is 281 g/mol. The molecule has 1 atom stereocenters. The number of benzene rings is 1. The van der Waals surface area contributed by atoms with E-state index in [4.69, 9.17) is 23.2 Å². The Balaban J connectivity index is 2.38. The predicted octanol–water partition coefficient (Wildman–Crippen LogP) is 3.11. The summed E-state index contributed by atoms with van der Waals surface area (Å²) >= 11 is 12.2. The number of halogens is 2. The lowest BCUT2D eigenvalue weighted by Gasteiger charge is -2.33. The third-order valence-electron chi connectivity index (χ3n) is 3.47. The molecular weight excluding hydrogens is 273 g/mol. The summed E-state index contributed by atoms with van der Waals surface area (Å²) in [7, 11) is 1.49. The van der Waals surface area contributed by atoms with E-state index < -0.39 is 0 Å². The summed E-state index contributed by atoms with van der Waals surface area (Å²) in [5, 5.41) is 0.744. The minimum absolute atomic E-state index is 0.184. The zero-order valence-electron chi connectivity index (χ0n) is 9.54. The smallest absolute Gasteiger partial charge is 0.260 e. The van der Waals surface area contributed by atoms with Gasteiger partial charge in [0.2, 0.25) is 5.91 Å². The number of carbonyl (C=O) groups is 2. The molecule has 1 aromatic carbocycles. The average Bonchev–Trinajstić information content (AvgIpc) is 2.38.